The van der Waals surface area contributed by atoms with Crippen LogP contribution in [0.2, 0.25) is 0 Å². The van der Waals surface area contributed by atoms with Gasteiger partial charge in [0.2, 0.25) is 0 Å². The topological polar surface area (TPSA) is 61.7 Å². The summed E-state index contributed by atoms with van der Waals surface area (Å²) in [5, 5.41) is 21.7. The Hall–Kier alpha value is -1.10. The van der Waals surface area contributed by atoms with Crippen LogP contribution < -0.4 is 10.1 Å². The van der Waals surface area contributed by atoms with Crippen LogP contribution in [0.4, 0.5) is 0 Å². The summed E-state index contributed by atoms with van der Waals surface area (Å²) in [4.78, 5) is 0. The quantitative estimate of drug-likeness (QED) is 0.685. The standard InChI is InChI=1S/C14H23NO3/c1-11(2)18-13-6-4-5-12(7-13)8-15-9-14(3,17)10-16/h4-7,11,15-17H,8-10H2,1-3H3. The zero-order valence-electron chi connectivity index (χ0n) is 11.3. The Morgan fingerprint density at radius 1 is 1.39 bits per heavy atom. The van der Waals surface area contributed by atoms with E-state index in [4.69, 9.17) is 9.84 Å². The molecule has 3 N–H and O–H groups in total. The summed E-state index contributed by atoms with van der Waals surface area (Å²) in [5.74, 6) is 0.846. The predicted molar refractivity (Wildman–Crippen MR) is 71.6 cm³/mol. The third-order valence-electron chi connectivity index (χ3n) is 2.45. The Morgan fingerprint density at radius 2 is 2.11 bits per heavy atom. The van der Waals surface area contributed by atoms with Crippen LogP contribution in [0.25, 0.3) is 0 Å². The lowest BCUT2D eigenvalue weighted by atomic mass is 10.1. The molecule has 0 radical (unpaired) electrons. The third kappa shape index (κ3) is 5.49. The summed E-state index contributed by atoms with van der Waals surface area (Å²) in [6.07, 6.45) is 0.156. The van der Waals surface area contributed by atoms with Gasteiger partial charge in [-0.15, -0.1) is 0 Å². The average Bonchev–Trinajstić information content (AvgIpc) is 2.28. The molecule has 0 aromatic heterocycles. The number of hydrogen-bond donors (Lipinski definition) is 3. The van der Waals surface area contributed by atoms with E-state index in [1.165, 1.54) is 0 Å². The first-order valence-corrected chi connectivity index (χ1v) is 6.22. The van der Waals surface area contributed by atoms with Gasteiger partial charge in [0.15, 0.2) is 0 Å². The first kappa shape index (κ1) is 15.0. The summed E-state index contributed by atoms with van der Waals surface area (Å²) in [5.41, 5.74) is 0.00774. The van der Waals surface area contributed by atoms with Gasteiger partial charge in [0.05, 0.1) is 18.3 Å². The molecule has 0 heterocycles. The molecule has 1 aromatic rings. The zero-order valence-corrected chi connectivity index (χ0v) is 11.3. The molecule has 18 heavy (non-hydrogen) atoms. The van der Waals surface area contributed by atoms with E-state index in [2.05, 4.69) is 5.32 Å². The highest BCUT2D eigenvalue weighted by molar-refractivity contribution is 5.28. The van der Waals surface area contributed by atoms with Gasteiger partial charge in [0.1, 0.15) is 5.75 Å². The van der Waals surface area contributed by atoms with Crippen LogP contribution in [0.1, 0.15) is 26.3 Å². The van der Waals surface area contributed by atoms with E-state index in [0.29, 0.717) is 13.1 Å². The summed E-state index contributed by atoms with van der Waals surface area (Å²) in [6, 6.07) is 7.83. The normalized spacial score (nSPS) is 14.6. The van der Waals surface area contributed by atoms with Crippen LogP contribution in [0, 0.1) is 0 Å². The highest BCUT2D eigenvalue weighted by atomic mass is 16.5. The first-order chi connectivity index (χ1) is 8.43. The molecule has 1 aromatic carbocycles. The van der Waals surface area contributed by atoms with Crippen LogP contribution in [0.15, 0.2) is 24.3 Å². The number of hydrogen-bond acceptors (Lipinski definition) is 4. The summed E-state index contributed by atoms with van der Waals surface area (Å²) in [7, 11) is 0. The van der Waals surface area contributed by atoms with Gasteiger partial charge in [-0.2, -0.15) is 0 Å². The van der Waals surface area contributed by atoms with Crippen molar-refractivity contribution in [2.75, 3.05) is 13.2 Å². The highest BCUT2D eigenvalue weighted by Crippen LogP contribution is 2.14. The van der Waals surface area contributed by atoms with Crippen molar-refractivity contribution in [3.05, 3.63) is 29.8 Å². The van der Waals surface area contributed by atoms with Crippen molar-refractivity contribution in [1.29, 1.82) is 0 Å². The van der Waals surface area contributed by atoms with Gasteiger partial charge in [-0.25, -0.2) is 0 Å². The second kappa shape index (κ2) is 6.73. The number of nitrogens with one attached hydrogen (secondary N) is 1. The van der Waals surface area contributed by atoms with E-state index < -0.39 is 5.60 Å². The molecule has 0 fully saturated rings. The summed E-state index contributed by atoms with van der Waals surface area (Å²) >= 11 is 0. The van der Waals surface area contributed by atoms with E-state index >= 15 is 0 Å². The number of aliphatic hydroxyl groups excluding tert-OH is 1. The molecule has 0 bridgehead atoms. The van der Waals surface area contributed by atoms with Gasteiger partial charge in [0.25, 0.3) is 0 Å². The van der Waals surface area contributed by atoms with Crippen molar-refractivity contribution in [3.8, 4) is 5.75 Å². The predicted octanol–water partition coefficient (Wildman–Crippen LogP) is 1.31. The molecule has 0 aliphatic rings. The highest BCUT2D eigenvalue weighted by Gasteiger charge is 2.17. The van der Waals surface area contributed by atoms with E-state index in [1.54, 1.807) is 6.92 Å². The van der Waals surface area contributed by atoms with Crippen molar-refractivity contribution in [1.82, 2.24) is 5.32 Å². The summed E-state index contributed by atoms with van der Waals surface area (Å²) < 4.78 is 5.61. The third-order valence-corrected chi connectivity index (χ3v) is 2.45. The van der Waals surface area contributed by atoms with Gasteiger partial charge >= 0.3 is 0 Å². The fourth-order valence-electron chi connectivity index (χ4n) is 1.53. The Morgan fingerprint density at radius 3 is 2.72 bits per heavy atom. The maximum Gasteiger partial charge on any atom is 0.120 e. The number of ether oxygens (including phenoxy) is 1. The molecule has 0 saturated heterocycles. The second-order valence-electron chi connectivity index (χ2n) is 5.07. The molecule has 0 amide bonds. The van der Waals surface area contributed by atoms with E-state index in [1.807, 2.05) is 38.1 Å². The van der Waals surface area contributed by atoms with Crippen LogP contribution in [0.5, 0.6) is 5.75 Å². The minimum absolute atomic E-state index is 0.156. The first-order valence-electron chi connectivity index (χ1n) is 6.22. The molecule has 0 aliphatic carbocycles. The Labute approximate surface area is 109 Å². The van der Waals surface area contributed by atoms with Crippen molar-refractivity contribution < 1.29 is 14.9 Å². The molecule has 102 valence electrons. The zero-order chi connectivity index (χ0) is 13.6. The molecular formula is C14H23NO3. The fraction of sp³-hybridized carbons (Fsp3) is 0.571. The van der Waals surface area contributed by atoms with Crippen LogP contribution in [-0.2, 0) is 6.54 Å². The largest absolute Gasteiger partial charge is 0.491 e. The lowest BCUT2D eigenvalue weighted by Crippen LogP contribution is -2.40. The maximum absolute atomic E-state index is 9.64. The Balaban J connectivity index is 2.47. The molecule has 4 heteroatoms. The minimum atomic E-state index is -1.08. The fourth-order valence-corrected chi connectivity index (χ4v) is 1.53. The van der Waals surface area contributed by atoms with Gasteiger partial charge in [0, 0.05) is 13.1 Å². The number of aliphatic hydroxyl groups is 2. The van der Waals surface area contributed by atoms with Gasteiger partial charge in [-0.05, 0) is 38.5 Å². The molecule has 1 rings (SSSR count). The van der Waals surface area contributed by atoms with Crippen LogP contribution in [0.3, 0.4) is 0 Å². The summed E-state index contributed by atoms with van der Waals surface area (Å²) in [6.45, 7) is 6.30. The minimum Gasteiger partial charge on any atom is -0.491 e. The molecule has 1 unspecified atom stereocenters. The van der Waals surface area contributed by atoms with E-state index in [9.17, 15) is 5.11 Å². The maximum atomic E-state index is 9.64. The molecular weight excluding hydrogens is 230 g/mol. The lowest BCUT2D eigenvalue weighted by Gasteiger charge is -2.20. The number of benzene rings is 1. The van der Waals surface area contributed by atoms with Crippen molar-refractivity contribution in [2.45, 2.75) is 39.0 Å². The van der Waals surface area contributed by atoms with Crippen LogP contribution in [-0.4, -0.2) is 35.1 Å². The van der Waals surface area contributed by atoms with Crippen LogP contribution >= 0.6 is 0 Å². The van der Waals surface area contributed by atoms with Crippen molar-refractivity contribution >= 4 is 0 Å². The Bertz CT molecular complexity index is 364. The van der Waals surface area contributed by atoms with Crippen molar-refractivity contribution in [3.63, 3.8) is 0 Å². The van der Waals surface area contributed by atoms with E-state index in [0.717, 1.165) is 11.3 Å². The van der Waals surface area contributed by atoms with E-state index in [-0.39, 0.29) is 12.7 Å². The SMILES string of the molecule is CC(C)Oc1cccc(CNCC(C)(O)CO)c1. The van der Waals surface area contributed by atoms with Gasteiger partial charge in [-0.3, -0.25) is 0 Å². The smallest absolute Gasteiger partial charge is 0.120 e. The molecule has 0 saturated carbocycles. The lowest BCUT2D eigenvalue weighted by molar-refractivity contribution is 0.00254. The number of rotatable bonds is 7. The van der Waals surface area contributed by atoms with Gasteiger partial charge < -0.3 is 20.3 Å². The van der Waals surface area contributed by atoms with Gasteiger partial charge in [-0.1, -0.05) is 12.1 Å². The molecule has 0 aliphatic heterocycles. The molecule has 4 nitrogen and oxygen atoms in total. The molecule has 1 atom stereocenters. The second-order valence-corrected chi connectivity index (χ2v) is 5.07. The molecule has 0 spiro atoms. The Kier molecular flexibility index (Phi) is 5.59. The van der Waals surface area contributed by atoms with Crippen molar-refractivity contribution in [2.24, 2.45) is 0 Å². The monoisotopic (exact) mass is 253 g/mol. The average molecular weight is 253 g/mol.